The van der Waals surface area contributed by atoms with Crippen molar-refractivity contribution in [3.8, 4) is 0 Å². The maximum atomic E-state index is 11.6. The fourth-order valence-electron chi connectivity index (χ4n) is 1.26. The Balaban J connectivity index is 2.73. The number of nitrogens with one attached hydrogen (secondary N) is 2. The molecule has 0 saturated carbocycles. The minimum absolute atomic E-state index is 0.179. The van der Waals surface area contributed by atoms with Crippen molar-refractivity contribution in [3.63, 3.8) is 0 Å². The summed E-state index contributed by atoms with van der Waals surface area (Å²) in [6, 6.07) is 0.665. The zero-order valence-corrected chi connectivity index (χ0v) is 9.44. The summed E-state index contributed by atoms with van der Waals surface area (Å²) < 4.78 is 0. The number of aryl methyl sites for hydroxylation is 1. The van der Waals surface area contributed by atoms with Gasteiger partial charge in [0.15, 0.2) is 0 Å². The SMILES string of the molecule is Cc1cc(C(=O)N[C@H](C(=O)O)C(C)C)n[nH]1. The molecule has 0 aliphatic heterocycles. The van der Waals surface area contributed by atoms with Gasteiger partial charge >= 0.3 is 5.97 Å². The molecule has 1 amide bonds. The number of nitrogens with zero attached hydrogens (tertiary/aromatic N) is 1. The predicted molar refractivity (Wildman–Crippen MR) is 57.1 cm³/mol. The van der Waals surface area contributed by atoms with E-state index in [1.165, 1.54) is 0 Å². The lowest BCUT2D eigenvalue weighted by atomic mass is 10.0. The van der Waals surface area contributed by atoms with Crippen molar-refractivity contribution in [1.29, 1.82) is 0 Å². The molecule has 3 N–H and O–H groups in total. The Labute approximate surface area is 93.1 Å². The average molecular weight is 225 g/mol. The van der Waals surface area contributed by atoms with E-state index < -0.39 is 17.9 Å². The third-order valence-corrected chi connectivity index (χ3v) is 2.16. The van der Waals surface area contributed by atoms with E-state index in [0.717, 1.165) is 5.69 Å². The highest BCUT2D eigenvalue weighted by Gasteiger charge is 2.24. The van der Waals surface area contributed by atoms with E-state index in [4.69, 9.17) is 5.11 Å². The molecule has 0 aromatic carbocycles. The maximum Gasteiger partial charge on any atom is 0.326 e. The lowest BCUT2D eigenvalue weighted by molar-refractivity contribution is -0.140. The molecule has 0 spiro atoms. The Hall–Kier alpha value is -1.85. The van der Waals surface area contributed by atoms with Crippen molar-refractivity contribution >= 4 is 11.9 Å². The second-order valence-corrected chi connectivity index (χ2v) is 3.97. The molecular formula is C10H15N3O3. The van der Waals surface area contributed by atoms with Crippen molar-refractivity contribution in [1.82, 2.24) is 15.5 Å². The summed E-state index contributed by atoms with van der Waals surface area (Å²) in [5, 5.41) is 17.7. The van der Waals surface area contributed by atoms with E-state index in [2.05, 4.69) is 15.5 Å². The van der Waals surface area contributed by atoms with E-state index in [1.54, 1.807) is 26.8 Å². The van der Waals surface area contributed by atoms with Crippen molar-refractivity contribution in [2.75, 3.05) is 0 Å². The average Bonchev–Trinajstić information content (AvgIpc) is 2.59. The van der Waals surface area contributed by atoms with Gasteiger partial charge in [-0.3, -0.25) is 9.89 Å². The summed E-state index contributed by atoms with van der Waals surface area (Å²) in [5.74, 6) is -1.71. The Bertz CT molecular complexity index is 398. The number of carboxylic acid groups (broad SMARTS) is 1. The molecule has 1 aromatic rings. The summed E-state index contributed by atoms with van der Waals surface area (Å²) >= 11 is 0. The molecule has 16 heavy (non-hydrogen) atoms. The van der Waals surface area contributed by atoms with Gasteiger partial charge in [0, 0.05) is 5.69 Å². The third-order valence-electron chi connectivity index (χ3n) is 2.16. The number of aliphatic carboxylic acids is 1. The van der Waals surface area contributed by atoms with Crippen LogP contribution in [0.1, 0.15) is 30.0 Å². The monoisotopic (exact) mass is 225 g/mol. The quantitative estimate of drug-likeness (QED) is 0.697. The fourth-order valence-corrected chi connectivity index (χ4v) is 1.26. The minimum atomic E-state index is -1.05. The number of aromatic nitrogens is 2. The smallest absolute Gasteiger partial charge is 0.326 e. The molecule has 1 rings (SSSR count). The maximum absolute atomic E-state index is 11.6. The fraction of sp³-hybridized carbons (Fsp3) is 0.500. The Morgan fingerprint density at radius 3 is 2.50 bits per heavy atom. The van der Waals surface area contributed by atoms with Crippen LogP contribution in [0, 0.1) is 12.8 Å². The summed E-state index contributed by atoms with van der Waals surface area (Å²) in [5.41, 5.74) is 0.950. The first-order valence-electron chi connectivity index (χ1n) is 4.97. The largest absolute Gasteiger partial charge is 0.480 e. The van der Waals surface area contributed by atoms with Crippen LogP contribution >= 0.6 is 0 Å². The normalized spacial score (nSPS) is 12.5. The number of carboxylic acids is 1. The number of rotatable bonds is 4. The molecule has 0 radical (unpaired) electrons. The molecule has 1 atom stereocenters. The third kappa shape index (κ3) is 2.82. The number of carbonyl (C=O) groups excluding carboxylic acids is 1. The van der Waals surface area contributed by atoms with E-state index in [9.17, 15) is 9.59 Å². The molecule has 0 saturated heterocycles. The lowest BCUT2D eigenvalue weighted by Crippen LogP contribution is -2.44. The molecule has 0 aliphatic carbocycles. The van der Waals surface area contributed by atoms with Crippen LogP contribution in [0.4, 0.5) is 0 Å². The van der Waals surface area contributed by atoms with Gasteiger partial charge in [0.05, 0.1) is 0 Å². The first kappa shape index (κ1) is 12.2. The van der Waals surface area contributed by atoms with Crippen LogP contribution in [-0.2, 0) is 4.79 Å². The van der Waals surface area contributed by atoms with E-state index in [-0.39, 0.29) is 11.6 Å². The van der Waals surface area contributed by atoms with E-state index in [0.29, 0.717) is 0 Å². The molecule has 6 nitrogen and oxygen atoms in total. The molecular weight excluding hydrogens is 210 g/mol. The highest BCUT2D eigenvalue weighted by atomic mass is 16.4. The zero-order valence-electron chi connectivity index (χ0n) is 9.44. The van der Waals surface area contributed by atoms with E-state index >= 15 is 0 Å². The van der Waals surface area contributed by atoms with Gasteiger partial charge in [0.1, 0.15) is 11.7 Å². The zero-order chi connectivity index (χ0) is 12.3. The first-order valence-corrected chi connectivity index (χ1v) is 4.97. The minimum Gasteiger partial charge on any atom is -0.480 e. The summed E-state index contributed by atoms with van der Waals surface area (Å²) in [6.07, 6.45) is 0. The van der Waals surface area contributed by atoms with Crippen LogP contribution in [0.3, 0.4) is 0 Å². The van der Waals surface area contributed by atoms with Gasteiger partial charge in [-0.25, -0.2) is 4.79 Å². The number of hydrogen-bond acceptors (Lipinski definition) is 3. The van der Waals surface area contributed by atoms with Crippen LogP contribution in [0.5, 0.6) is 0 Å². The predicted octanol–water partition coefficient (Wildman–Crippen LogP) is 0.557. The summed E-state index contributed by atoms with van der Waals surface area (Å²) in [6.45, 7) is 5.23. The molecule has 0 unspecified atom stereocenters. The number of aromatic amines is 1. The summed E-state index contributed by atoms with van der Waals surface area (Å²) in [7, 11) is 0. The second-order valence-electron chi connectivity index (χ2n) is 3.97. The standard InChI is InChI=1S/C10H15N3O3/c1-5(2)8(10(15)16)11-9(14)7-4-6(3)12-13-7/h4-5,8H,1-3H3,(H,11,14)(H,12,13)(H,15,16)/t8-/m0/s1. The number of carbonyl (C=O) groups is 2. The van der Waals surface area contributed by atoms with Gasteiger partial charge in [-0.2, -0.15) is 5.10 Å². The molecule has 88 valence electrons. The van der Waals surface area contributed by atoms with Crippen LogP contribution < -0.4 is 5.32 Å². The molecule has 6 heteroatoms. The first-order chi connectivity index (χ1) is 7.41. The number of hydrogen-bond donors (Lipinski definition) is 3. The second kappa shape index (κ2) is 4.78. The van der Waals surface area contributed by atoms with E-state index in [1.807, 2.05) is 0 Å². The van der Waals surface area contributed by atoms with Crippen molar-refractivity contribution in [2.45, 2.75) is 26.8 Å². The van der Waals surface area contributed by atoms with Gasteiger partial charge in [-0.15, -0.1) is 0 Å². The molecule has 1 aromatic heterocycles. The molecule has 1 heterocycles. The van der Waals surface area contributed by atoms with Crippen molar-refractivity contribution in [3.05, 3.63) is 17.5 Å². The highest BCUT2D eigenvalue weighted by Crippen LogP contribution is 2.04. The number of H-pyrrole nitrogens is 1. The Kier molecular flexibility index (Phi) is 3.65. The van der Waals surface area contributed by atoms with Gasteiger partial charge < -0.3 is 10.4 Å². The van der Waals surface area contributed by atoms with Gasteiger partial charge in [0.2, 0.25) is 0 Å². The van der Waals surface area contributed by atoms with Crippen molar-refractivity contribution < 1.29 is 14.7 Å². The van der Waals surface area contributed by atoms with Crippen LogP contribution in [0.15, 0.2) is 6.07 Å². The lowest BCUT2D eigenvalue weighted by Gasteiger charge is -2.16. The Morgan fingerprint density at radius 1 is 1.50 bits per heavy atom. The molecule has 0 bridgehead atoms. The van der Waals surface area contributed by atoms with Crippen LogP contribution in [0.2, 0.25) is 0 Å². The van der Waals surface area contributed by atoms with Crippen LogP contribution in [0.25, 0.3) is 0 Å². The Morgan fingerprint density at radius 2 is 2.12 bits per heavy atom. The highest BCUT2D eigenvalue weighted by molar-refractivity contribution is 5.95. The molecule has 0 fully saturated rings. The number of amides is 1. The summed E-state index contributed by atoms with van der Waals surface area (Å²) in [4.78, 5) is 22.5. The van der Waals surface area contributed by atoms with Gasteiger partial charge in [0.25, 0.3) is 5.91 Å². The van der Waals surface area contributed by atoms with Crippen molar-refractivity contribution in [2.24, 2.45) is 5.92 Å². The van der Waals surface area contributed by atoms with Gasteiger partial charge in [-0.1, -0.05) is 13.8 Å². The van der Waals surface area contributed by atoms with Crippen LogP contribution in [-0.4, -0.2) is 33.2 Å². The molecule has 0 aliphatic rings. The topological polar surface area (TPSA) is 95.1 Å². The van der Waals surface area contributed by atoms with Gasteiger partial charge in [-0.05, 0) is 18.9 Å².